The molecule has 0 saturated heterocycles. The summed E-state index contributed by atoms with van der Waals surface area (Å²) in [6.45, 7) is 5.67. The summed E-state index contributed by atoms with van der Waals surface area (Å²) in [5, 5.41) is 0. The van der Waals surface area contributed by atoms with Gasteiger partial charge < -0.3 is 28.3 Å². The molecular formula is C4H10F5OSb. The molecule has 0 aliphatic rings. The normalized spacial score (nSPS) is 3.82. The number of hydrogen-bond donors (Lipinski definition) is 0. The van der Waals surface area contributed by atoms with E-state index in [9.17, 15) is 0 Å². The summed E-state index contributed by atoms with van der Waals surface area (Å²) in [4.78, 5) is 0. The molecule has 0 aromatic heterocycles. The van der Waals surface area contributed by atoms with Crippen LogP contribution in [0.2, 0.25) is 0 Å². The van der Waals surface area contributed by atoms with E-state index in [2.05, 4.69) is 0 Å². The van der Waals surface area contributed by atoms with Crippen LogP contribution in [0, 0.1) is 0 Å². The van der Waals surface area contributed by atoms with E-state index >= 15 is 0 Å². The predicted molar refractivity (Wildman–Crippen MR) is 27.9 cm³/mol. The molecule has 0 spiro atoms. The van der Waals surface area contributed by atoms with Gasteiger partial charge in [0.2, 0.25) is 0 Å². The van der Waals surface area contributed by atoms with Gasteiger partial charge in [0, 0.05) is 13.2 Å². The molecule has 1 nitrogen and oxygen atoms in total. The van der Waals surface area contributed by atoms with E-state index < -0.39 is 0 Å². The molecule has 0 amide bonds. The molecule has 0 aliphatic heterocycles. The van der Waals surface area contributed by atoms with E-state index in [0.29, 0.717) is 0 Å². The van der Waals surface area contributed by atoms with Crippen LogP contribution in [0.4, 0.5) is 0 Å². The van der Waals surface area contributed by atoms with Crippen LogP contribution >= 0.6 is 0 Å². The Morgan fingerprint density at radius 3 is 0.909 bits per heavy atom. The van der Waals surface area contributed by atoms with E-state index in [1.807, 2.05) is 13.8 Å². The van der Waals surface area contributed by atoms with Crippen LogP contribution in [0.3, 0.4) is 0 Å². The second-order valence-electron chi connectivity index (χ2n) is 0.781. The molecule has 0 atom stereocenters. The maximum Gasteiger partial charge on any atom is 5.00 e. The summed E-state index contributed by atoms with van der Waals surface area (Å²) < 4.78 is 4.83. The minimum Gasteiger partial charge on any atom is -1.00 e. The molecule has 11 heavy (non-hydrogen) atoms. The third-order valence-electron chi connectivity index (χ3n) is 0.408. The van der Waals surface area contributed by atoms with Gasteiger partial charge in [0.25, 0.3) is 0 Å². The van der Waals surface area contributed by atoms with Gasteiger partial charge in [-0.1, -0.05) is 0 Å². The van der Waals surface area contributed by atoms with Gasteiger partial charge in [-0.3, -0.25) is 0 Å². The summed E-state index contributed by atoms with van der Waals surface area (Å²) in [5.41, 5.74) is 0. The Labute approximate surface area is 80.2 Å². The van der Waals surface area contributed by atoms with Crippen molar-refractivity contribution in [3.8, 4) is 0 Å². The zero-order chi connectivity index (χ0) is 4.12. The molecule has 0 N–H and O–H groups in total. The van der Waals surface area contributed by atoms with Gasteiger partial charge in [-0.2, -0.15) is 0 Å². The second kappa shape index (κ2) is 78.9. The van der Waals surface area contributed by atoms with Crippen molar-refractivity contribution in [1.29, 1.82) is 0 Å². The summed E-state index contributed by atoms with van der Waals surface area (Å²) in [6.07, 6.45) is 0. The summed E-state index contributed by atoms with van der Waals surface area (Å²) in [7, 11) is 0. The van der Waals surface area contributed by atoms with Gasteiger partial charge in [-0.25, -0.2) is 0 Å². The molecule has 0 aromatic carbocycles. The Morgan fingerprint density at radius 1 is 0.727 bits per heavy atom. The fourth-order valence-corrected chi connectivity index (χ4v) is 0.204. The first-order valence-electron chi connectivity index (χ1n) is 1.99. The molecule has 0 bridgehead atoms. The van der Waals surface area contributed by atoms with Crippen LogP contribution in [-0.2, 0) is 4.74 Å². The number of halogens is 5. The van der Waals surface area contributed by atoms with Gasteiger partial charge in [0.15, 0.2) is 0 Å². The van der Waals surface area contributed by atoms with Crippen molar-refractivity contribution in [3.05, 3.63) is 0 Å². The Kier molecular flexibility index (Phi) is 454. The van der Waals surface area contributed by atoms with Crippen LogP contribution in [0.15, 0.2) is 0 Å². The van der Waals surface area contributed by atoms with E-state index in [0.717, 1.165) is 13.2 Å². The zero-order valence-electron chi connectivity index (χ0n) is 6.16. The van der Waals surface area contributed by atoms with Crippen LogP contribution in [0.25, 0.3) is 0 Å². The molecule has 0 fully saturated rings. The Bertz CT molecular complexity index is 26.0. The van der Waals surface area contributed by atoms with Gasteiger partial charge in [-0.05, 0) is 13.8 Å². The van der Waals surface area contributed by atoms with E-state index in [4.69, 9.17) is 4.74 Å². The third-order valence-corrected chi connectivity index (χ3v) is 0.408. The number of ether oxygens (including phenoxy) is 1. The largest absolute Gasteiger partial charge is 5.00 e. The van der Waals surface area contributed by atoms with Crippen molar-refractivity contribution in [2.24, 2.45) is 0 Å². The second-order valence-corrected chi connectivity index (χ2v) is 0.781. The van der Waals surface area contributed by atoms with Crippen molar-refractivity contribution in [1.82, 2.24) is 0 Å². The summed E-state index contributed by atoms with van der Waals surface area (Å²) >= 11 is 0. The van der Waals surface area contributed by atoms with Crippen molar-refractivity contribution in [2.75, 3.05) is 13.2 Å². The number of hydrogen-bond acceptors (Lipinski definition) is 1. The Morgan fingerprint density at radius 2 is 0.909 bits per heavy atom. The van der Waals surface area contributed by atoms with Crippen LogP contribution < -0.4 is 23.5 Å². The van der Waals surface area contributed by atoms with Gasteiger partial charge in [0.1, 0.15) is 0 Å². The maximum atomic E-state index is 4.83. The molecule has 0 unspecified atom stereocenters. The molecule has 7 heteroatoms. The summed E-state index contributed by atoms with van der Waals surface area (Å²) in [6, 6.07) is 0. The quantitative estimate of drug-likeness (QED) is 0.363. The van der Waals surface area contributed by atoms with E-state index in [1.165, 1.54) is 0 Å². The van der Waals surface area contributed by atoms with Gasteiger partial charge in [-0.15, -0.1) is 0 Å². The molecule has 0 rings (SSSR count). The van der Waals surface area contributed by atoms with Gasteiger partial charge >= 0.3 is 24.4 Å². The molecule has 0 radical (unpaired) electrons. The van der Waals surface area contributed by atoms with E-state index in [1.54, 1.807) is 0 Å². The predicted octanol–water partition coefficient (Wildman–Crippen LogP) is -14.3. The first-order valence-corrected chi connectivity index (χ1v) is 1.99. The first kappa shape index (κ1) is 63.4. The fraction of sp³-hybridized carbons (Fsp3) is 1.00. The van der Waals surface area contributed by atoms with Gasteiger partial charge in [0.05, 0.1) is 0 Å². The first-order chi connectivity index (χ1) is 2.41. The zero-order valence-corrected chi connectivity index (χ0v) is 8.71. The molecule has 72 valence electrons. The minimum absolute atomic E-state index is 0. The smallest absolute Gasteiger partial charge is 1.00 e. The monoisotopic (exact) mass is 290 g/mol. The van der Waals surface area contributed by atoms with Crippen molar-refractivity contribution < 1.29 is 28.3 Å². The molecule has 0 heterocycles. The maximum absolute atomic E-state index is 4.83. The van der Waals surface area contributed by atoms with Crippen LogP contribution in [0.5, 0.6) is 0 Å². The Balaban J connectivity index is -0.00000000533. The fourth-order valence-electron chi connectivity index (χ4n) is 0.204. The number of rotatable bonds is 2. The molecule has 0 aliphatic carbocycles. The van der Waals surface area contributed by atoms with E-state index in [-0.39, 0.29) is 47.9 Å². The average molecular weight is 291 g/mol. The van der Waals surface area contributed by atoms with Crippen molar-refractivity contribution in [2.45, 2.75) is 13.8 Å². The standard InChI is InChI=1S/C4H10O.5FH.Sb/c1-3-5-4-2;;;;;;/h3-4H2,1-2H3;5*1H;/q;;;;;;+5/p-5. The molecule has 0 saturated carbocycles. The molecule has 0 aromatic rings. The van der Waals surface area contributed by atoms with Crippen LogP contribution in [-0.4, -0.2) is 37.6 Å². The topological polar surface area (TPSA) is 9.23 Å². The summed E-state index contributed by atoms with van der Waals surface area (Å²) in [5.74, 6) is 0. The van der Waals surface area contributed by atoms with Crippen LogP contribution in [0.1, 0.15) is 13.8 Å². The van der Waals surface area contributed by atoms with Crippen molar-refractivity contribution >= 4 is 24.4 Å². The molecular weight excluding hydrogens is 281 g/mol. The minimum atomic E-state index is 0. The third kappa shape index (κ3) is 126. The average Bonchev–Trinajstić information content (AvgIpc) is 1.41. The SMILES string of the molecule is CCOCC.[F-].[F-].[F-].[F-].[F-].[Sb+5]. The Hall–Kier alpha value is 0.428. The van der Waals surface area contributed by atoms with Crippen molar-refractivity contribution in [3.63, 3.8) is 0 Å².